The first-order valence-corrected chi connectivity index (χ1v) is 7.56. The van der Waals surface area contributed by atoms with Crippen LogP contribution in [0.5, 0.6) is 0 Å². The van der Waals surface area contributed by atoms with E-state index in [4.69, 9.17) is 0 Å². The van der Waals surface area contributed by atoms with Crippen LogP contribution in [0.2, 0.25) is 0 Å². The van der Waals surface area contributed by atoms with Gasteiger partial charge in [0.1, 0.15) is 12.1 Å². The van der Waals surface area contributed by atoms with E-state index >= 15 is 0 Å². The molecule has 1 aliphatic heterocycles. The second kappa shape index (κ2) is 5.87. The monoisotopic (exact) mass is 292 g/mol. The second-order valence-corrected chi connectivity index (χ2v) is 5.88. The van der Waals surface area contributed by atoms with Crippen LogP contribution in [0.15, 0.2) is 12.3 Å². The zero-order chi connectivity index (χ0) is 15.6. The van der Waals surface area contributed by atoms with Gasteiger partial charge in [0.05, 0.1) is 12.2 Å². The fraction of sp³-hybridized carbons (Fsp3) is 0.667. The minimum absolute atomic E-state index is 0.00815. The molecular weight excluding hydrogens is 268 g/mol. The van der Waals surface area contributed by atoms with Crippen molar-refractivity contribution in [3.05, 3.63) is 18.0 Å². The fourth-order valence-corrected chi connectivity index (χ4v) is 2.71. The smallest absolute Gasteiger partial charge is 0.249 e. The summed E-state index contributed by atoms with van der Waals surface area (Å²) in [5, 5.41) is 7.32. The Bertz CT molecular complexity index is 532. The summed E-state index contributed by atoms with van der Waals surface area (Å²) in [6.07, 6.45) is 3.11. The number of amides is 2. The maximum absolute atomic E-state index is 12.7. The Morgan fingerprint density at radius 2 is 2.00 bits per heavy atom. The van der Waals surface area contributed by atoms with Crippen LogP contribution in [-0.2, 0) is 16.1 Å². The molecule has 0 unspecified atom stereocenters. The quantitative estimate of drug-likeness (QED) is 0.894. The zero-order valence-corrected chi connectivity index (χ0v) is 13.2. The van der Waals surface area contributed by atoms with Crippen molar-refractivity contribution in [2.75, 3.05) is 6.54 Å². The first-order chi connectivity index (χ1) is 9.91. The SMILES string of the molecule is CCC1(CC)NC(=O)CN(Cc2ccn(C(C)C)n2)C1=O. The minimum atomic E-state index is -0.754. The van der Waals surface area contributed by atoms with Crippen LogP contribution in [0.3, 0.4) is 0 Å². The largest absolute Gasteiger partial charge is 0.340 e. The Labute approximate surface area is 125 Å². The molecule has 6 heteroatoms. The molecule has 1 saturated heterocycles. The molecule has 0 bridgehead atoms. The van der Waals surface area contributed by atoms with Crippen molar-refractivity contribution in [1.82, 2.24) is 20.0 Å². The molecule has 0 spiro atoms. The molecule has 0 aliphatic carbocycles. The first-order valence-electron chi connectivity index (χ1n) is 7.56. The van der Waals surface area contributed by atoms with Gasteiger partial charge in [-0.1, -0.05) is 13.8 Å². The van der Waals surface area contributed by atoms with Crippen LogP contribution in [0.25, 0.3) is 0 Å². The zero-order valence-electron chi connectivity index (χ0n) is 13.2. The molecule has 2 rings (SSSR count). The van der Waals surface area contributed by atoms with Gasteiger partial charge in [-0.15, -0.1) is 0 Å². The molecule has 2 amide bonds. The summed E-state index contributed by atoms with van der Waals surface area (Å²) in [7, 11) is 0. The highest BCUT2D eigenvalue weighted by molar-refractivity contribution is 5.97. The lowest BCUT2D eigenvalue weighted by atomic mass is 9.89. The lowest BCUT2D eigenvalue weighted by Crippen LogP contribution is -2.65. The summed E-state index contributed by atoms with van der Waals surface area (Å²) in [6.45, 7) is 8.45. The third-order valence-corrected chi connectivity index (χ3v) is 4.16. The van der Waals surface area contributed by atoms with Crippen LogP contribution in [-0.4, -0.2) is 38.6 Å². The van der Waals surface area contributed by atoms with Crippen molar-refractivity contribution < 1.29 is 9.59 Å². The number of rotatable bonds is 5. The molecule has 21 heavy (non-hydrogen) atoms. The molecule has 1 aliphatic rings. The average Bonchev–Trinajstić information content (AvgIpc) is 2.91. The lowest BCUT2D eigenvalue weighted by molar-refractivity contribution is -0.151. The highest BCUT2D eigenvalue weighted by Gasteiger charge is 2.43. The molecule has 0 atom stereocenters. The molecule has 116 valence electrons. The molecule has 1 aromatic rings. The third-order valence-electron chi connectivity index (χ3n) is 4.16. The highest BCUT2D eigenvalue weighted by atomic mass is 16.2. The van der Waals surface area contributed by atoms with E-state index in [1.54, 1.807) is 4.90 Å². The topological polar surface area (TPSA) is 67.2 Å². The molecule has 0 aromatic carbocycles. The van der Waals surface area contributed by atoms with Crippen LogP contribution < -0.4 is 5.32 Å². The van der Waals surface area contributed by atoms with E-state index in [-0.39, 0.29) is 24.4 Å². The summed E-state index contributed by atoms with van der Waals surface area (Å²) < 4.78 is 1.86. The van der Waals surface area contributed by atoms with E-state index in [9.17, 15) is 9.59 Å². The summed E-state index contributed by atoms with van der Waals surface area (Å²) >= 11 is 0. The van der Waals surface area contributed by atoms with Gasteiger partial charge < -0.3 is 10.2 Å². The fourth-order valence-electron chi connectivity index (χ4n) is 2.71. The van der Waals surface area contributed by atoms with Gasteiger partial charge in [0.25, 0.3) is 0 Å². The van der Waals surface area contributed by atoms with E-state index in [0.29, 0.717) is 19.4 Å². The molecule has 1 fully saturated rings. The predicted octanol–water partition coefficient (Wildman–Crippen LogP) is 1.48. The number of hydrogen-bond acceptors (Lipinski definition) is 3. The Hall–Kier alpha value is -1.85. The van der Waals surface area contributed by atoms with Crippen molar-refractivity contribution in [3.63, 3.8) is 0 Å². The Morgan fingerprint density at radius 3 is 2.52 bits per heavy atom. The number of carbonyl (C=O) groups is 2. The van der Waals surface area contributed by atoms with Crippen molar-refractivity contribution in [2.24, 2.45) is 0 Å². The third kappa shape index (κ3) is 2.94. The van der Waals surface area contributed by atoms with Gasteiger partial charge in [-0.2, -0.15) is 5.10 Å². The summed E-state index contributed by atoms with van der Waals surface area (Å²) in [6, 6.07) is 2.18. The van der Waals surface area contributed by atoms with Crippen molar-refractivity contribution in [3.8, 4) is 0 Å². The van der Waals surface area contributed by atoms with Gasteiger partial charge >= 0.3 is 0 Å². The molecular formula is C15H24N4O2. The number of hydrogen-bond donors (Lipinski definition) is 1. The van der Waals surface area contributed by atoms with E-state index in [0.717, 1.165) is 5.69 Å². The number of nitrogens with zero attached hydrogens (tertiary/aromatic N) is 3. The highest BCUT2D eigenvalue weighted by Crippen LogP contribution is 2.23. The first kappa shape index (κ1) is 15.5. The molecule has 1 aromatic heterocycles. The van der Waals surface area contributed by atoms with Crippen LogP contribution in [0, 0.1) is 0 Å². The van der Waals surface area contributed by atoms with Crippen molar-refractivity contribution in [2.45, 2.75) is 58.7 Å². The van der Waals surface area contributed by atoms with Crippen LogP contribution in [0.4, 0.5) is 0 Å². The van der Waals surface area contributed by atoms with Crippen LogP contribution >= 0.6 is 0 Å². The van der Waals surface area contributed by atoms with Gasteiger partial charge in [0.2, 0.25) is 11.8 Å². The second-order valence-electron chi connectivity index (χ2n) is 5.88. The Kier molecular flexibility index (Phi) is 4.34. The average molecular weight is 292 g/mol. The summed E-state index contributed by atoms with van der Waals surface area (Å²) in [5.41, 5.74) is 0.0588. The van der Waals surface area contributed by atoms with Crippen LogP contribution in [0.1, 0.15) is 52.3 Å². The number of piperazine rings is 1. The normalized spacial score (nSPS) is 18.2. The number of nitrogens with one attached hydrogen (secondary N) is 1. The maximum atomic E-state index is 12.7. The van der Waals surface area contributed by atoms with Gasteiger partial charge in [-0.25, -0.2) is 0 Å². The Morgan fingerprint density at radius 1 is 1.33 bits per heavy atom. The molecule has 0 radical (unpaired) electrons. The van der Waals surface area contributed by atoms with Gasteiger partial charge in [-0.3, -0.25) is 14.3 Å². The van der Waals surface area contributed by atoms with Crippen molar-refractivity contribution in [1.29, 1.82) is 0 Å². The lowest BCUT2D eigenvalue weighted by Gasteiger charge is -2.40. The molecule has 6 nitrogen and oxygen atoms in total. The van der Waals surface area contributed by atoms with Gasteiger partial charge in [-0.05, 0) is 32.8 Å². The Balaban J connectivity index is 2.18. The van der Waals surface area contributed by atoms with Gasteiger partial charge in [0, 0.05) is 12.2 Å². The molecule has 1 N–H and O–H groups in total. The van der Waals surface area contributed by atoms with E-state index in [1.807, 2.05) is 30.8 Å². The summed E-state index contributed by atoms with van der Waals surface area (Å²) in [4.78, 5) is 26.2. The molecule has 0 saturated carbocycles. The van der Waals surface area contributed by atoms with E-state index in [1.165, 1.54) is 0 Å². The van der Waals surface area contributed by atoms with E-state index < -0.39 is 5.54 Å². The standard InChI is InChI=1S/C15H24N4O2/c1-5-15(6-2)14(21)18(10-13(20)16-15)9-12-7-8-19(17-12)11(3)4/h7-8,11H,5-6,9-10H2,1-4H3,(H,16,20). The number of carbonyl (C=O) groups excluding carboxylic acids is 2. The predicted molar refractivity (Wildman–Crippen MR) is 79.5 cm³/mol. The van der Waals surface area contributed by atoms with Crippen molar-refractivity contribution >= 4 is 11.8 Å². The number of aromatic nitrogens is 2. The maximum Gasteiger partial charge on any atom is 0.249 e. The van der Waals surface area contributed by atoms with E-state index in [2.05, 4.69) is 24.3 Å². The summed E-state index contributed by atoms with van der Waals surface area (Å²) in [5.74, 6) is -0.104. The minimum Gasteiger partial charge on any atom is -0.340 e. The molecule has 2 heterocycles. The van der Waals surface area contributed by atoms with Gasteiger partial charge in [0.15, 0.2) is 0 Å².